The molecule has 2 aromatic heterocycles. The van der Waals surface area contributed by atoms with Crippen molar-refractivity contribution < 1.29 is 4.74 Å². The first kappa shape index (κ1) is 14.1. The minimum Gasteiger partial charge on any atom is -0.476 e. The smallest absolute Gasteiger partial charge is 0.242 e. The van der Waals surface area contributed by atoms with Gasteiger partial charge in [-0.1, -0.05) is 6.92 Å². The van der Waals surface area contributed by atoms with Gasteiger partial charge in [0.1, 0.15) is 12.0 Å². The molecule has 0 spiro atoms. The maximum atomic E-state index is 5.98. The molecule has 102 valence electrons. The molecule has 2 aromatic rings. The van der Waals surface area contributed by atoms with Crippen LogP contribution in [0.4, 0.5) is 11.5 Å². The van der Waals surface area contributed by atoms with Crippen LogP contribution in [0.5, 0.6) is 5.88 Å². The van der Waals surface area contributed by atoms with Crippen molar-refractivity contribution in [2.24, 2.45) is 0 Å². The topological polar surface area (TPSA) is 73.1 Å². The van der Waals surface area contributed by atoms with Crippen LogP contribution in [0.15, 0.2) is 22.2 Å². The van der Waals surface area contributed by atoms with E-state index in [1.165, 1.54) is 11.2 Å². The molecule has 0 fully saturated rings. The van der Waals surface area contributed by atoms with Gasteiger partial charge >= 0.3 is 0 Å². The van der Waals surface area contributed by atoms with Crippen molar-refractivity contribution in [2.75, 3.05) is 17.7 Å². The third kappa shape index (κ3) is 3.81. The lowest BCUT2D eigenvalue weighted by atomic mass is 10.4. The van der Waals surface area contributed by atoms with E-state index < -0.39 is 0 Å². The van der Waals surface area contributed by atoms with Gasteiger partial charge in [-0.05, 0) is 28.4 Å². The molecule has 3 N–H and O–H groups in total. The van der Waals surface area contributed by atoms with Gasteiger partial charge in [-0.3, -0.25) is 0 Å². The molecule has 19 heavy (non-hydrogen) atoms. The molecule has 0 aromatic carbocycles. The van der Waals surface area contributed by atoms with Crippen molar-refractivity contribution in [1.82, 2.24) is 9.97 Å². The Morgan fingerprint density at radius 3 is 3.00 bits per heavy atom. The Morgan fingerprint density at radius 1 is 1.47 bits per heavy atom. The number of rotatable bonds is 6. The maximum Gasteiger partial charge on any atom is 0.242 e. The van der Waals surface area contributed by atoms with Crippen molar-refractivity contribution >= 4 is 38.8 Å². The fraction of sp³-hybridized carbons (Fsp3) is 0.333. The summed E-state index contributed by atoms with van der Waals surface area (Å²) in [4.78, 5) is 9.36. The van der Waals surface area contributed by atoms with Crippen molar-refractivity contribution in [3.63, 3.8) is 0 Å². The lowest BCUT2D eigenvalue weighted by Gasteiger charge is -2.10. The number of ether oxygens (including phenoxy) is 1. The van der Waals surface area contributed by atoms with E-state index in [9.17, 15) is 0 Å². The van der Waals surface area contributed by atoms with Crippen molar-refractivity contribution in [3.05, 3.63) is 27.1 Å². The number of aromatic nitrogens is 2. The average Bonchev–Trinajstić information content (AvgIpc) is 2.82. The minimum absolute atomic E-state index is 0.437. The highest BCUT2D eigenvalue weighted by molar-refractivity contribution is 9.10. The first-order valence-corrected chi connectivity index (χ1v) is 7.58. The Balaban J connectivity index is 2.03. The second kappa shape index (κ2) is 6.72. The highest BCUT2D eigenvalue weighted by atomic mass is 79.9. The van der Waals surface area contributed by atoms with Gasteiger partial charge in [-0.15, -0.1) is 11.3 Å². The summed E-state index contributed by atoms with van der Waals surface area (Å²) >= 11 is 5.09. The Hall–Kier alpha value is -1.34. The van der Waals surface area contributed by atoms with Gasteiger partial charge in [-0.25, -0.2) is 4.98 Å². The van der Waals surface area contributed by atoms with E-state index in [1.807, 2.05) is 12.3 Å². The zero-order valence-corrected chi connectivity index (χ0v) is 12.9. The van der Waals surface area contributed by atoms with Crippen LogP contribution in [0.25, 0.3) is 0 Å². The van der Waals surface area contributed by atoms with E-state index in [4.69, 9.17) is 10.5 Å². The molecule has 0 saturated heterocycles. The van der Waals surface area contributed by atoms with Gasteiger partial charge in [0, 0.05) is 14.7 Å². The van der Waals surface area contributed by atoms with Crippen LogP contribution in [0.1, 0.15) is 18.2 Å². The molecule has 0 unspecified atom stereocenters. The van der Waals surface area contributed by atoms with E-state index >= 15 is 0 Å². The summed E-state index contributed by atoms with van der Waals surface area (Å²) in [6, 6.07) is 2.06. The quantitative estimate of drug-likeness (QED) is 0.842. The molecular formula is C12H15BrN4OS. The summed E-state index contributed by atoms with van der Waals surface area (Å²) < 4.78 is 6.54. The molecule has 0 aliphatic carbocycles. The number of nitrogens with one attached hydrogen (secondary N) is 1. The van der Waals surface area contributed by atoms with Crippen molar-refractivity contribution in [3.8, 4) is 5.88 Å². The van der Waals surface area contributed by atoms with Crippen molar-refractivity contribution in [2.45, 2.75) is 19.9 Å². The van der Waals surface area contributed by atoms with Gasteiger partial charge < -0.3 is 15.8 Å². The molecule has 0 bridgehead atoms. The van der Waals surface area contributed by atoms with Gasteiger partial charge in [0.25, 0.3) is 0 Å². The normalized spacial score (nSPS) is 10.4. The van der Waals surface area contributed by atoms with Crippen LogP contribution in [0, 0.1) is 0 Å². The fourth-order valence-electron chi connectivity index (χ4n) is 1.45. The third-order valence-corrected chi connectivity index (χ3v) is 4.04. The number of anilines is 2. The van der Waals surface area contributed by atoms with E-state index in [0.717, 1.165) is 10.9 Å². The Kier molecular flexibility index (Phi) is 4.98. The molecule has 0 atom stereocenters. The number of nitrogens with zero attached hydrogens (tertiary/aromatic N) is 2. The number of hydrogen-bond donors (Lipinski definition) is 2. The number of nitrogen functional groups attached to an aromatic ring is 1. The van der Waals surface area contributed by atoms with Crippen LogP contribution in [0.2, 0.25) is 0 Å². The van der Waals surface area contributed by atoms with Crippen LogP contribution in [0.3, 0.4) is 0 Å². The monoisotopic (exact) mass is 342 g/mol. The number of thiophene rings is 1. The summed E-state index contributed by atoms with van der Waals surface area (Å²) in [5, 5.41) is 5.23. The van der Waals surface area contributed by atoms with E-state index in [0.29, 0.717) is 30.5 Å². The third-order valence-electron chi connectivity index (χ3n) is 2.34. The van der Waals surface area contributed by atoms with Crippen molar-refractivity contribution in [1.29, 1.82) is 0 Å². The maximum absolute atomic E-state index is 5.98. The summed E-state index contributed by atoms with van der Waals surface area (Å²) in [5.41, 5.74) is 6.43. The molecule has 0 amide bonds. The largest absolute Gasteiger partial charge is 0.476 e. The summed E-state index contributed by atoms with van der Waals surface area (Å²) in [6.45, 7) is 3.30. The number of hydrogen-bond acceptors (Lipinski definition) is 6. The first-order chi connectivity index (χ1) is 9.20. The van der Waals surface area contributed by atoms with Crippen LogP contribution in [-0.2, 0) is 6.54 Å². The van der Waals surface area contributed by atoms with Gasteiger partial charge in [0.15, 0.2) is 5.82 Å². The van der Waals surface area contributed by atoms with Crippen LogP contribution in [-0.4, -0.2) is 16.6 Å². The molecule has 2 rings (SSSR count). The predicted octanol–water partition coefficient (Wildman–Crippen LogP) is 3.28. The van der Waals surface area contributed by atoms with Gasteiger partial charge in [0.2, 0.25) is 5.88 Å². The number of halogens is 1. The fourth-order valence-corrected chi connectivity index (χ4v) is 2.84. The minimum atomic E-state index is 0.437. The van der Waals surface area contributed by atoms with Crippen LogP contribution < -0.4 is 15.8 Å². The number of nitrogens with two attached hydrogens (primary N) is 1. The summed E-state index contributed by atoms with van der Waals surface area (Å²) in [7, 11) is 0. The lowest BCUT2D eigenvalue weighted by molar-refractivity contribution is 0.306. The van der Waals surface area contributed by atoms with E-state index in [-0.39, 0.29) is 0 Å². The van der Waals surface area contributed by atoms with Gasteiger partial charge in [0.05, 0.1) is 13.2 Å². The standard InChI is InChI=1S/C12H15BrN4OS/c1-2-3-18-12-10(14)11(16-7-17-12)15-5-9-4-8(13)6-19-9/h4,6-7H,2-3,5,14H2,1H3,(H,15,16,17). The summed E-state index contributed by atoms with van der Waals surface area (Å²) in [6.07, 6.45) is 2.36. The van der Waals surface area contributed by atoms with Gasteiger partial charge in [-0.2, -0.15) is 4.98 Å². The molecule has 7 heteroatoms. The molecule has 0 saturated carbocycles. The first-order valence-electron chi connectivity index (χ1n) is 5.90. The zero-order valence-electron chi connectivity index (χ0n) is 10.5. The van der Waals surface area contributed by atoms with E-state index in [2.05, 4.69) is 37.3 Å². The highest BCUT2D eigenvalue weighted by Crippen LogP contribution is 2.26. The Morgan fingerprint density at radius 2 is 2.32 bits per heavy atom. The second-order valence-electron chi connectivity index (χ2n) is 3.87. The lowest BCUT2D eigenvalue weighted by Crippen LogP contribution is -2.07. The SMILES string of the molecule is CCCOc1ncnc(NCc2cc(Br)cs2)c1N. The molecular weight excluding hydrogens is 328 g/mol. The van der Waals surface area contributed by atoms with Crippen LogP contribution >= 0.6 is 27.3 Å². The second-order valence-corrected chi connectivity index (χ2v) is 5.79. The average molecular weight is 343 g/mol. The molecule has 0 radical (unpaired) electrons. The molecule has 5 nitrogen and oxygen atoms in total. The molecule has 0 aliphatic rings. The predicted molar refractivity (Wildman–Crippen MR) is 81.6 cm³/mol. The highest BCUT2D eigenvalue weighted by Gasteiger charge is 2.09. The Bertz CT molecular complexity index is 546. The zero-order chi connectivity index (χ0) is 13.7. The molecule has 2 heterocycles. The summed E-state index contributed by atoms with van der Waals surface area (Å²) in [5.74, 6) is 1.04. The Labute approximate surface area is 124 Å². The molecule has 0 aliphatic heterocycles. The van der Waals surface area contributed by atoms with E-state index in [1.54, 1.807) is 11.3 Å².